The number of hydrogen-bond acceptors (Lipinski definition) is 3. The smallest absolute Gasteiger partial charge is 0.293 e. The summed E-state index contributed by atoms with van der Waals surface area (Å²) in [6.07, 6.45) is 1.99. The van der Waals surface area contributed by atoms with Gasteiger partial charge in [0.25, 0.3) is 5.69 Å². The van der Waals surface area contributed by atoms with Crippen LogP contribution in [0.5, 0.6) is 0 Å². The van der Waals surface area contributed by atoms with Crippen molar-refractivity contribution in [3.63, 3.8) is 0 Å². The van der Waals surface area contributed by atoms with Crippen molar-refractivity contribution in [2.45, 2.75) is 13.8 Å². The number of nitrogens with zero attached hydrogens (tertiary/aromatic N) is 1. The van der Waals surface area contributed by atoms with Crippen molar-refractivity contribution >= 4 is 34.0 Å². The first-order valence-electron chi connectivity index (χ1n) is 4.82. The number of anilines is 1. The van der Waals surface area contributed by atoms with Gasteiger partial charge in [0.15, 0.2) is 0 Å². The Morgan fingerprint density at radius 2 is 2.25 bits per heavy atom. The van der Waals surface area contributed by atoms with E-state index in [0.717, 1.165) is 3.57 Å². The second-order valence-electron chi connectivity index (χ2n) is 3.58. The first-order valence-corrected chi connectivity index (χ1v) is 5.89. The number of nitrogens with one attached hydrogen (secondary N) is 1. The van der Waals surface area contributed by atoms with Gasteiger partial charge in [-0.2, -0.15) is 0 Å². The molecule has 0 aromatic heterocycles. The average Bonchev–Trinajstić information content (AvgIpc) is 2.19. The largest absolute Gasteiger partial charge is 0.376 e. The number of allylic oxidation sites excluding steroid dienone is 1. The molecule has 0 saturated carbocycles. The standard InChI is InChI=1S/C11H13IN2O2/c1-8(2)5-6-13-10-4-3-9(12)7-11(10)14(15)16/h3-5,7,13H,6H2,1-2H3. The SMILES string of the molecule is CC(C)=CCNc1ccc(I)cc1[N+](=O)[O-]. The van der Waals surface area contributed by atoms with Gasteiger partial charge >= 0.3 is 0 Å². The van der Waals surface area contributed by atoms with Gasteiger partial charge in [0.2, 0.25) is 0 Å². The van der Waals surface area contributed by atoms with Crippen LogP contribution in [0.4, 0.5) is 11.4 Å². The van der Waals surface area contributed by atoms with Crippen LogP contribution in [-0.4, -0.2) is 11.5 Å². The Bertz CT molecular complexity index is 426. The molecule has 0 unspecified atom stereocenters. The van der Waals surface area contributed by atoms with Crippen LogP contribution in [0.25, 0.3) is 0 Å². The molecular weight excluding hydrogens is 319 g/mol. The minimum Gasteiger partial charge on any atom is -0.376 e. The molecule has 0 aliphatic carbocycles. The van der Waals surface area contributed by atoms with E-state index in [1.54, 1.807) is 12.1 Å². The third-order valence-corrected chi connectivity index (χ3v) is 2.63. The average molecular weight is 332 g/mol. The molecule has 1 rings (SSSR count). The molecule has 16 heavy (non-hydrogen) atoms. The summed E-state index contributed by atoms with van der Waals surface area (Å²) in [5.41, 5.74) is 1.86. The quantitative estimate of drug-likeness (QED) is 0.397. The molecule has 0 spiro atoms. The van der Waals surface area contributed by atoms with Crippen molar-refractivity contribution in [3.05, 3.63) is 43.5 Å². The Balaban J connectivity index is 2.87. The number of nitro benzene ring substituents is 1. The van der Waals surface area contributed by atoms with Crippen molar-refractivity contribution in [2.75, 3.05) is 11.9 Å². The highest BCUT2D eigenvalue weighted by molar-refractivity contribution is 14.1. The second kappa shape index (κ2) is 5.83. The maximum absolute atomic E-state index is 10.8. The number of rotatable bonds is 4. The lowest BCUT2D eigenvalue weighted by atomic mass is 10.2. The van der Waals surface area contributed by atoms with E-state index in [-0.39, 0.29) is 10.6 Å². The second-order valence-corrected chi connectivity index (χ2v) is 4.83. The molecule has 0 aliphatic rings. The van der Waals surface area contributed by atoms with Crippen LogP contribution in [0.3, 0.4) is 0 Å². The molecule has 0 atom stereocenters. The summed E-state index contributed by atoms with van der Waals surface area (Å²) in [4.78, 5) is 10.4. The molecule has 86 valence electrons. The third kappa shape index (κ3) is 3.80. The summed E-state index contributed by atoms with van der Waals surface area (Å²) in [7, 11) is 0. The molecule has 0 saturated heterocycles. The molecule has 1 N–H and O–H groups in total. The van der Waals surface area contributed by atoms with E-state index in [0.29, 0.717) is 12.2 Å². The maximum atomic E-state index is 10.8. The fourth-order valence-corrected chi connectivity index (χ4v) is 1.65. The van der Waals surface area contributed by atoms with Gasteiger partial charge < -0.3 is 5.32 Å². The monoisotopic (exact) mass is 332 g/mol. The summed E-state index contributed by atoms with van der Waals surface area (Å²) in [6.45, 7) is 4.58. The Labute approximate surface area is 108 Å². The lowest BCUT2D eigenvalue weighted by Crippen LogP contribution is -2.02. The number of benzene rings is 1. The zero-order chi connectivity index (χ0) is 12.1. The Morgan fingerprint density at radius 3 is 2.81 bits per heavy atom. The van der Waals surface area contributed by atoms with Gasteiger partial charge in [0.1, 0.15) is 5.69 Å². The Kier molecular flexibility index (Phi) is 4.72. The maximum Gasteiger partial charge on any atom is 0.293 e. The molecule has 0 fully saturated rings. The third-order valence-electron chi connectivity index (χ3n) is 1.96. The normalized spacial score (nSPS) is 9.69. The Hall–Kier alpha value is -1.11. The van der Waals surface area contributed by atoms with E-state index in [4.69, 9.17) is 0 Å². The molecule has 0 heterocycles. The topological polar surface area (TPSA) is 55.2 Å². The lowest BCUT2D eigenvalue weighted by Gasteiger charge is -2.05. The van der Waals surface area contributed by atoms with Crippen molar-refractivity contribution < 1.29 is 4.92 Å². The minimum atomic E-state index is -0.368. The van der Waals surface area contributed by atoms with Gasteiger partial charge in [-0.1, -0.05) is 11.6 Å². The summed E-state index contributed by atoms with van der Waals surface area (Å²) >= 11 is 2.06. The summed E-state index contributed by atoms with van der Waals surface area (Å²) in [6, 6.07) is 5.14. The zero-order valence-electron chi connectivity index (χ0n) is 9.16. The van der Waals surface area contributed by atoms with E-state index in [9.17, 15) is 10.1 Å². The van der Waals surface area contributed by atoms with Crippen molar-refractivity contribution in [1.29, 1.82) is 0 Å². The highest BCUT2D eigenvalue weighted by Gasteiger charge is 2.12. The first kappa shape index (κ1) is 13.0. The van der Waals surface area contributed by atoms with Gasteiger partial charge in [-0.25, -0.2) is 0 Å². The van der Waals surface area contributed by atoms with Crippen LogP contribution in [0.1, 0.15) is 13.8 Å². The fourth-order valence-electron chi connectivity index (χ4n) is 1.17. The predicted molar refractivity (Wildman–Crippen MR) is 73.7 cm³/mol. The molecule has 4 nitrogen and oxygen atoms in total. The van der Waals surface area contributed by atoms with Crippen LogP contribution in [0, 0.1) is 13.7 Å². The van der Waals surface area contributed by atoms with Crippen molar-refractivity contribution in [2.24, 2.45) is 0 Å². The fraction of sp³-hybridized carbons (Fsp3) is 0.273. The minimum absolute atomic E-state index is 0.119. The van der Waals surface area contributed by atoms with Gasteiger partial charge in [-0.05, 0) is 48.6 Å². The number of nitro groups is 1. The van der Waals surface area contributed by atoms with Gasteiger partial charge in [-0.3, -0.25) is 10.1 Å². The van der Waals surface area contributed by atoms with Crippen LogP contribution < -0.4 is 5.32 Å². The molecule has 1 aromatic carbocycles. The summed E-state index contributed by atoms with van der Waals surface area (Å²) in [5, 5.41) is 13.8. The van der Waals surface area contributed by atoms with Crippen LogP contribution in [-0.2, 0) is 0 Å². The van der Waals surface area contributed by atoms with E-state index in [2.05, 4.69) is 27.9 Å². The van der Waals surface area contributed by atoms with Gasteiger partial charge in [0.05, 0.1) is 4.92 Å². The molecule has 0 aliphatic heterocycles. The van der Waals surface area contributed by atoms with Crippen LogP contribution in [0.15, 0.2) is 29.8 Å². The summed E-state index contributed by atoms with van der Waals surface area (Å²) in [5.74, 6) is 0. The van der Waals surface area contributed by atoms with Crippen LogP contribution in [0.2, 0.25) is 0 Å². The van der Waals surface area contributed by atoms with E-state index in [1.807, 2.05) is 26.0 Å². The van der Waals surface area contributed by atoms with Crippen LogP contribution >= 0.6 is 22.6 Å². The Morgan fingerprint density at radius 1 is 1.56 bits per heavy atom. The van der Waals surface area contributed by atoms with E-state index >= 15 is 0 Å². The number of hydrogen-bond donors (Lipinski definition) is 1. The molecule has 5 heteroatoms. The summed E-state index contributed by atoms with van der Waals surface area (Å²) < 4.78 is 0.858. The van der Waals surface area contributed by atoms with Crippen molar-refractivity contribution in [1.82, 2.24) is 0 Å². The van der Waals surface area contributed by atoms with Gasteiger partial charge in [-0.15, -0.1) is 0 Å². The molecular formula is C11H13IN2O2. The molecule has 0 bridgehead atoms. The highest BCUT2D eigenvalue weighted by Crippen LogP contribution is 2.25. The first-order chi connectivity index (χ1) is 7.50. The highest BCUT2D eigenvalue weighted by atomic mass is 127. The van der Waals surface area contributed by atoms with E-state index < -0.39 is 0 Å². The molecule has 0 radical (unpaired) electrons. The molecule has 1 aromatic rings. The number of halogens is 1. The van der Waals surface area contributed by atoms with E-state index in [1.165, 1.54) is 5.57 Å². The van der Waals surface area contributed by atoms with Crippen molar-refractivity contribution in [3.8, 4) is 0 Å². The zero-order valence-corrected chi connectivity index (χ0v) is 11.3. The predicted octanol–water partition coefficient (Wildman–Crippen LogP) is 3.58. The lowest BCUT2D eigenvalue weighted by molar-refractivity contribution is -0.384. The van der Waals surface area contributed by atoms with Gasteiger partial charge in [0, 0.05) is 16.2 Å². The molecule has 0 amide bonds.